The molecule has 0 fully saturated rings. The lowest BCUT2D eigenvalue weighted by Crippen LogP contribution is -1.93. The van der Waals surface area contributed by atoms with E-state index in [0.29, 0.717) is 17.0 Å². The Labute approximate surface area is 103 Å². The van der Waals surface area contributed by atoms with Crippen LogP contribution in [0.15, 0.2) is 30.3 Å². The quantitative estimate of drug-likeness (QED) is 0.832. The van der Waals surface area contributed by atoms with E-state index in [-0.39, 0.29) is 16.9 Å². The Hall–Kier alpha value is -1.81. The molecular weight excluding hydrogens is 243 g/mol. The van der Waals surface area contributed by atoms with Crippen LogP contribution >= 0.6 is 11.6 Å². The summed E-state index contributed by atoms with van der Waals surface area (Å²) in [6.45, 7) is 1.68. The molecule has 0 aliphatic rings. The molecule has 0 saturated heterocycles. The maximum Gasteiger partial charge on any atom is 0.222 e. The number of pyridine rings is 1. The highest BCUT2D eigenvalue weighted by Gasteiger charge is 2.04. The molecule has 0 aliphatic heterocycles. The van der Waals surface area contributed by atoms with Gasteiger partial charge in [0.05, 0.1) is 0 Å². The predicted molar refractivity (Wildman–Crippen MR) is 64.9 cm³/mol. The average molecular weight is 253 g/mol. The minimum Gasteiger partial charge on any atom is -0.439 e. The second-order valence-corrected chi connectivity index (χ2v) is 3.96. The van der Waals surface area contributed by atoms with E-state index in [2.05, 4.69) is 4.98 Å². The van der Waals surface area contributed by atoms with Gasteiger partial charge >= 0.3 is 0 Å². The number of hydrogen-bond donors (Lipinski definition) is 1. The van der Waals surface area contributed by atoms with Crippen LogP contribution in [0.4, 0.5) is 10.1 Å². The summed E-state index contributed by atoms with van der Waals surface area (Å²) in [5.41, 5.74) is 6.58. The van der Waals surface area contributed by atoms with E-state index >= 15 is 0 Å². The van der Waals surface area contributed by atoms with Gasteiger partial charge in [0, 0.05) is 17.8 Å². The highest BCUT2D eigenvalue weighted by molar-refractivity contribution is 6.29. The Kier molecular flexibility index (Phi) is 3.15. The summed E-state index contributed by atoms with van der Waals surface area (Å²) >= 11 is 5.73. The fraction of sp³-hybridized carbons (Fsp3) is 0.0833. The molecule has 0 aliphatic carbocycles. The molecule has 0 radical (unpaired) electrons. The molecule has 1 aromatic carbocycles. The van der Waals surface area contributed by atoms with Crippen LogP contribution in [0.3, 0.4) is 0 Å². The number of hydrogen-bond acceptors (Lipinski definition) is 3. The first-order valence-electron chi connectivity index (χ1n) is 4.91. The molecular formula is C12H10ClFN2O. The number of nitrogens with zero attached hydrogens (tertiary/aromatic N) is 1. The first-order valence-corrected chi connectivity index (χ1v) is 5.29. The third kappa shape index (κ3) is 2.85. The van der Waals surface area contributed by atoms with Crippen LogP contribution in [0.2, 0.25) is 5.15 Å². The first-order chi connectivity index (χ1) is 8.04. The topological polar surface area (TPSA) is 48.1 Å². The lowest BCUT2D eigenvalue weighted by molar-refractivity contribution is 0.458. The summed E-state index contributed by atoms with van der Waals surface area (Å²) in [6, 6.07) is 7.58. The molecule has 0 atom stereocenters. The van der Waals surface area contributed by atoms with Gasteiger partial charge in [-0.15, -0.1) is 0 Å². The Bertz CT molecular complexity index is 540. The number of rotatable bonds is 2. The van der Waals surface area contributed by atoms with Crippen molar-refractivity contribution in [3.05, 3.63) is 46.9 Å². The number of nitrogen functional groups attached to an aromatic ring is 1. The van der Waals surface area contributed by atoms with Crippen molar-refractivity contribution < 1.29 is 9.13 Å². The molecule has 2 N–H and O–H groups in total. The smallest absolute Gasteiger partial charge is 0.222 e. The molecule has 17 heavy (non-hydrogen) atoms. The zero-order valence-corrected chi connectivity index (χ0v) is 9.83. The average Bonchev–Trinajstić information content (AvgIpc) is 2.22. The van der Waals surface area contributed by atoms with Gasteiger partial charge in [-0.05, 0) is 24.6 Å². The normalized spacial score (nSPS) is 10.3. The Balaban J connectivity index is 2.28. The predicted octanol–water partition coefficient (Wildman–Crippen LogP) is 3.56. The fourth-order valence-electron chi connectivity index (χ4n) is 1.30. The number of ether oxygens (including phenoxy) is 1. The fourth-order valence-corrected chi connectivity index (χ4v) is 1.51. The summed E-state index contributed by atoms with van der Waals surface area (Å²) in [5, 5.41) is 0.229. The van der Waals surface area contributed by atoms with Gasteiger partial charge in [0.1, 0.15) is 16.7 Å². The van der Waals surface area contributed by atoms with Crippen molar-refractivity contribution in [3.63, 3.8) is 0 Å². The van der Waals surface area contributed by atoms with E-state index in [1.54, 1.807) is 19.1 Å². The molecule has 1 aromatic heterocycles. The highest BCUT2D eigenvalue weighted by atomic mass is 35.5. The lowest BCUT2D eigenvalue weighted by Gasteiger charge is -2.06. The maximum absolute atomic E-state index is 13.3. The molecule has 0 unspecified atom stereocenters. The largest absolute Gasteiger partial charge is 0.439 e. The van der Waals surface area contributed by atoms with E-state index in [4.69, 9.17) is 22.1 Å². The summed E-state index contributed by atoms with van der Waals surface area (Å²) in [5.74, 6) is 0.248. The van der Waals surface area contributed by atoms with Crippen molar-refractivity contribution in [3.8, 4) is 11.6 Å². The second-order valence-electron chi connectivity index (χ2n) is 3.57. The van der Waals surface area contributed by atoms with E-state index in [0.717, 1.165) is 0 Å². The molecule has 3 nitrogen and oxygen atoms in total. The van der Waals surface area contributed by atoms with Gasteiger partial charge in [0.25, 0.3) is 0 Å². The van der Waals surface area contributed by atoms with Crippen LogP contribution in [0.1, 0.15) is 5.56 Å². The lowest BCUT2D eigenvalue weighted by atomic mass is 10.2. The number of aryl methyl sites for hydroxylation is 1. The monoisotopic (exact) mass is 252 g/mol. The van der Waals surface area contributed by atoms with Gasteiger partial charge in [-0.3, -0.25) is 0 Å². The van der Waals surface area contributed by atoms with Crippen LogP contribution in [0.25, 0.3) is 0 Å². The Morgan fingerprint density at radius 2 is 2.06 bits per heavy atom. The van der Waals surface area contributed by atoms with E-state index in [1.165, 1.54) is 18.2 Å². The van der Waals surface area contributed by atoms with Gasteiger partial charge < -0.3 is 10.5 Å². The minimum atomic E-state index is -0.336. The number of aromatic nitrogens is 1. The second kappa shape index (κ2) is 4.59. The van der Waals surface area contributed by atoms with Gasteiger partial charge in [-0.1, -0.05) is 17.7 Å². The number of anilines is 1. The molecule has 88 valence electrons. The number of nitrogens with two attached hydrogens (primary N) is 1. The third-order valence-corrected chi connectivity index (χ3v) is 2.35. The van der Waals surface area contributed by atoms with Crippen molar-refractivity contribution in [2.75, 3.05) is 5.73 Å². The Morgan fingerprint density at radius 1 is 1.29 bits per heavy atom. The van der Waals surface area contributed by atoms with Gasteiger partial charge in [0.15, 0.2) is 0 Å². The molecule has 1 heterocycles. The number of halogens is 2. The van der Waals surface area contributed by atoms with Crippen molar-refractivity contribution in [2.24, 2.45) is 0 Å². The maximum atomic E-state index is 13.3. The molecule has 2 rings (SSSR count). The van der Waals surface area contributed by atoms with Gasteiger partial charge in [0.2, 0.25) is 5.88 Å². The van der Waals surface area contributed by atoms with Crippen molar-refractivity contribution in [1.82, 2.24) is 4.98 Å². The minimum absolute atomic E-state index is 0.229. The van der Waals surface area contributed by atoms with Crippen LogP contribution in [0, 0.1) is 12.7 Å². The zero-order chi connectivity index (χ0) is 12.4. The molecule has 0 bridgehead atoms. The summed E-state index contributed by atoms with van der Waals surface area (Å²) in [6.07, 6.45) is 0. The molecule has 0 amide bonds. The van der Waals surface area contributed by atoms with E-state index < -0.39 is 0 Å². The first kappa shape index (κ1) is 11.7. The van der Waals surface area contributed by atoms with Crippen LogP contribution in [-0.2, 0) is 0 Å². The van der Waals surface area contributed by atoms with Crippen LogP contribution < -0.4 is 10.5 Å². The Morgan fingerprint density at radius 3 is 2.71 bits per heavy atom. The summed E-state index contributed by atoms with van der Waals surface area (Å²) in [7, 11) is 0. The number of benzene rings is 1. The SMILES string of the molecule is Cc1ccc(Oc2cc(N)cc(Cl)n2)cc1F. The van der Waals surface area contributed by atoms with Crippen molar-refractivity contribution in [2.45, 2.75) is 6.92 Å². The summed E-state index contributed by atoms with van der Waals surface area (Å²) in [4.78, 5) is 3.92. The standard InChI is InChI=1S/C12H10ClFN2O/c1-7-2-3-9(6-10(7)14)17-12-5-8(15)4-11(13)16-12/h2-6H,1H3,(H2,15,16). The molecule has 2 aromatic rings. The van der Waals surface area contributed by atoms with Crippen LogP contribution in [0.5, 0.6) is 11.6 Å². The van der Waals surface area contributed by atoms with E-state index in [1.807, 2.05) is 0 Å². The van der Waals surface area contributed by atoms with Gasteiger partial charge in [-0.2, -0.15) is 0 Å². The molecule has 0 saturated carbocycles. The van der Waals surface area contributed by atoms with E-state index in [9.17, 15) is 4.39 Å². The van der Waals surface area contributed by atoms with Crippen molar-refractivity contribution in [1.29, 1.82) is 0 Å². The highest BCUT2D eigenvalue weighted by Crippen LogP contribution is 2.25. The van der Waals surface area contributed by atoms with Crippen LogP contribution in [-0.4, -0.2) is 4.98 Å². The summed E-state index contributed by atoms with van der Waals surface area (Å²) < 4.78 is 18.6. The van der Waals surface area contributed by atoms with Crippen molar-refractivity contribution >= 4 is 17.3 Å². The van der Waals surface area contributed by atoms with Gasteiger partial charge in [-0.25, -0.2) is 9.37 Å². The molecule has 5 heteroatoms. The molecule has 0 spiro atoms. The third-order valence-electron chi connectivity index (χ3n) is 2.16. The zero-order valence-electron chi connectivity index (χ0n) is 9.08.